The van der Waals surface area contributed by atoms with E-state index in [1.807, 2.05) is 0 Å². The molecule has 0 amide bonds. The van der Waals surface area contributed by atoms with E-state index in [-0.39, 0.29) is 0 Å². The second-order valence-electron chi connectivity index (χ2n) is 2.61. The van der Waals surface area contributed by atoms with Crippen molar-refractivity contribution >= 4 is 5.97 Å². The van der Waals surface area contributed by atoms with Crippen molar-refractivity contribution in [1.29, 1.82) is 0 Å². The summed E-state index contributed by atoms with van der Waals surface area (Å²) in [6, 6.07) is 0. The van der Waals surface area contributed by atoms with E-state index in [2.05, 4.69) is 13.2 Å². The van der Waals surface area contributed by atoms with Crippen LogP contribution in [-0.4, -0.2) is 25.3 Å². The van der Waals surface area contributed by atoms with Crippen LogP contribution in [-0.2, 0) is 14.3 Å². The number of hydrogen-bond donors (Lipinski definition) is 0. The number of esters is 1. The van der Waals surface area contributed by atoms with Crippen molar-refractivity contribution in [2.75, 3.05) is 13.2 Å². The number of carbonyl (C=O) groups is 1. The molecule has 66 valence electrons. The largest absolute Gasteiger partial charge is 0.462 e. The molecule has 3 heteroatoms. The molecule has 0 aromatic rings. The summed E-state index contributed by atoms with van der Waals surface area (Å²) in [6.07, 6.45) is 2.46. The van der Waals surface area contributed by atoms with Crippen LogP contribution in [0.4, 0.5) is 0 Å². The van der Waals surface area contributed by atoms with E-state index in [1.165, 1.54) is 6.08 Å². The predicted molar refractivity (Wildman–Crippen MR) is 44.7 cm³/mol. The van der Waals surface area contributed by atoms with Crippen molar-refractivity contribution in [2.45, 2.75) is 12.5 Å². The lowest BCUT2D eigenvalue weighted by Gasteiger charge is -2.01. The van der Waals surface area contributed by atoms with Gasteiger partial charge in [-0.15, -0.1) is 0 Å². The number of epoxide rings is 1. The summed E-state index contributed by atoms with van der Waals surface area (Å²) < 4.78 is 9.80. The topological polar surface area (TPSA) is 38.8 Å². The molecule has 1 atom stereocenters. The molecule has 1 heterocycles. The van der Waals surface area contributed by atoms with Crippen LogP contribution in [0.5, 0.6) is 0 Å². The molecule has 0 spiro atoms. The van der Waals surface area contributed by atoms with Crippen LogP contribution in [0.3, 0.4) is 0 Å². The molecule has 1 saturated heterocycles. The molecule has 1 rings (SSSR count). The summed E-state index contributed by atoms with van der Waals surface area (Å²) in [7, 11) is 0. The van der Waals surface area contributed by atoms with Crippen molar-refractivity contribution in [3.8, 4) is 0 Å². The first-order valence-electron chi connectivity index (χ1n) is 3.84. The van der Waals surface area contributed by atoms with Gasteiger partial charge in [-0.3, -0.25) is 0 Å². The second-order valence-corrected chi connectivity index (χ2v) is 2.61. The second kappa shape index (κ2) is 4.07. The first-order chi connectivity index (χ1) is 5.74. The van der Waals surface area contributed by atoms with Crippen molar-refractivity contribution in [3.05, 3.63) is 24.8 Å². The molecule has 0 radical (unpaired) electrons. The van der Waals surface area contributed by atoms with E-state index in [4.69, 9.17) is 9.47 Å². The highest BCUT2D eigenvalue weighted by molar-refractivity contribution is 5.90. The van der Waals surface area contributed by atoms with Crippen LogP contribution in [0, 0.1) is 0 Å². The summed E-state index contributed by atoms with van der Waals surface area (Å²) in [6.45, 7) is 8.07. The fraction of sp³-hybridized carbons (Fsp3) is 0.444. The molecule has 3 nitrogen and oxygen atoms in total. The van der Waals surface area contributed by atoms with Crippen LogP contribution in [0.2, 0.25) is 0 Å². The maximum absolute atomic E-state index is 10.9. The van der Waals surface area contributed by atoms with Crippen molar-refractivity contribution in [1.82, 2.24) is 0 Å². The van der Waals surface area contributed by atoms with Gasteiger partial charge >= 0.3 is 5.97 Å². The Kier molecular flexibility index (Phi) is 3.05. The minimum Gasteiger partial charge on any atom is -0.462 e. The summed E-state index contributed by atoms with van der Waals surface area (Å²) in [4.78, 5) is 10.9. The monoisotopic (exact) mass is 168 g/mol. The third kappa shape index (κ3) is 2.88. The minimum absolute atomic E-state index is 0.298. The lowest BCUT2D eigenvalue weighted by atomic mass is 10.3. The third-order valence-corrected chi connectivity index (χ3v) is 1.58. The maximum atomic E-state index is 10.9. The van der Waals surface area contributed by atoms with Gasteiger partial charge < -0.3 is 9.47 Å². The van der Waals surface area contributed by atoms with Gasteiger partial charge in [-0.25, -0.2) is 4.79 Å². The molecule has 1 aliphatic rings. The van der Waals surface area contributed by atoms with Crippen LogP contribution < -0.4 is 0 Å². The van der Waals surface area contributed by atoms with Gasteiger partial charge in [0.1, 0.15) is 0 Å². The first kappa shape index (κ1) is 9.00. The molecule has 0 aromatic heterocycles. The van der Waals surface area contributed by atoms with Crippen molar-refractivity contribution in [2.24, 2.45) is 0 Å². The average Bonchev–Trinajstić information content (AvgIpc) is 2.86. The van der Waals surface area contributed by atoms with E-state index >= 15 is 0 Å². The summed E-state index contributed by atoms with van der Waals surface area (Å²) in [5.41, 5.74) is 0.298. The molecule has 1 aliphatic heterocycles. The molecule has 0 saturated carbocycles. The lowest BCUT2D eigenvalue weighted by Crippen LogP contribution is -2.08. The molecule has 0 aromatic carbocycles. The highest BCUT2D eigenvalue weighted by Gasteiger charge is 2.22. The van der Waals surface area contributed by atoms with Gasteiger partial charge in [0, 0.05) is 6.42 Å². The van der Waals surface area contributed by atoms with E-state index in [9.17, 15) is 4.79 Å². The Morgan fingerprint density at radius 2 is 2.42 bits per heavy atom. The van der Waals surface area contributed by atoms with Crippen LogP contribution in [0.25, 0.3) is 0 Å². The average molecular weight is 168 g/mol. The van der Waals surface area contributed by atoms with Gasteiger partial charge in [-0.2, -0.15) is 0 Å². The van der Waals surface area contributed by atoms with Crippen LogP contribution >= 0.6 is 0 Å². The van der Waals surface area contributed by atoms with Crippen LogP contribution in [0.15, 0.2) is 24.8 Å². The molecular formula is C9H12O3. The zero-order valence-corrected chi connectivity index (χ0v) is 6.91. The Morgan fingerprint density at radius 3 is 2.92 bits per heavy atom. The third-order valence-electron chi connectivity index (χ3n) is 1.58. The fourth-order valence-electron chi connectivity index (χ4n) is 0.694. The van der Waals surface area contributed by atoms with E-state index in [0.29, 0.717) is 18.3 Å². The predicted octanol–water partition coefficient (Wildman–Crippen LogP) is 1.06. The number of rotatable bonds is 5. The Balaban J connectivity index is 2.08. The standard InChI is InChI=1S/C9H12O3/c1-3-7(2)9(10)11-5-4-8-6-12-8/h3,8H,1-2,4-6H2. The first-order valence-corrected chi connectivity index (χ1v) is 3.84. The van der Waals surface area contributed by atoms with Gasteiger partial charge in [0.05, 0.1) is 24.9 Å². The van der Waals surface area contributed by atoms with Crippen molar-refractivity contribution in [3.63, 3.8) is 0 Å². The van der Waals surface area contributed by atoms with Gasteiger partial charge in [-0.05, 0) is 0 Å². The summed E-state index contributed by atoms with van der Waals surface area (Å²) >= 11 is 0. The van der Waals surface area contributed by atoms with E-state index in [1.54, 1.807) is 0 Å². The van der Waals surface area contributed by atoms with E-state index < -0.39 is 5.97 Å². The number of ether oxygens (including phenoxy) is 2. The molecule has 0 aliphatic carbocycles. The summed E-state index contributed by atoms with van der Waals surface area (Å²) in [5, 5.41) is 0. The molecule has 0 N–H and O–H groups in total. The Morgan fingerprint density at radius 1 is 1.75 bits per heavy atom. The lowest BCUT2D eigenvalue weighted by molar-refractivity contribution is -0.138. The van der Waals surface area contributed by atoms with Gasteiger partial charge in [0.15, 0.2) is 0 Å². The number of carbonyl (C=O) groups excluding carboxylic acids is 1. The highest BCUT2D eigenvalue weighted by Crippen LogP contribution is 2.13. The smallest absolute Gasteiger partial charge is 0.337 e. The van der Waals surface area contributed by atoms with Gasteiger partial charge in [0.25, 0.3) is 0 Å². The zero-order chi connectivity index (χ0) is 8.97. The molecule has 1 fully saturated rings. The fourth-order valence-corrected chi connectivity index (χ4v) is 0.694. The number of hydrogen-bond acceptors (Lipinski definition) is 3. The molecular weight excluding hydrogens is 156 g/mol. The highest BCUT2D eigenvalue weighted by atomic mass is 16.6. The van der Waals surface area contributed by atoms with Gasteiger partial charge in [0.2, 0.25) is 0 Å². The molecule has 1 unspecified atom stereocenters. The Labute approximate surface area is 71.7 Å². The van der Waals surface area contributed by atoms with Crippen LogP contribution in [0.1, 0.15) is 6.42 Å². The quantitative estimate of drug-likeness (QED) is 0.267. The SMILES string of the molecule is C=CC(=C)C(=O)OCCC1CO1. The van der Waals surface area contributed by atoms with Gasteiger partial charge in [-0.1, -0.05) is 19.2 Å². The normalized spacial score (nSPS) is 19.8. The Bertz CT molecular complexity index is 204. The maximum Gasteiger partial charge on any atom is 0.337 e. The van der Waals surface area contributed by atoms with Crippen molar-refractivity contribution < 1.29 is 14.3 Å². The summed E-state index contributed by atoms with van der Waals surface area (Å²) in [5.74, 6) is -0.398. The zero-order valence-electron chi connectivity index (χ0n) is 6.91. The molecule has 0 bridgehead atoms. The van der Waals surface area contributed by atoms with E-state index in [0.717, 1.165) is 13.0 Å². The molecule has 12 heavy (non-hydrogen) atoms. The Hall–Kier alpha value is -1.09. The minimum atomic E-state index is -0.398.